The summed E-state index contributed by atoms with van der Waals surface area (Å²) in [5.41, 5.74) is 3.91. The van der Waals surface area contributed by atoms with Crippen LogP contribution in [0.15, 0.2) is 48.5 Å². The summed E-state index contributed by atoms with van der Waals surface area (Å²) in [7, 11) is 0. The van der Waals surface area contributed by atoms with E-state index in [-0.39, 0.29) is 0 Å². The molecule has 3 rings (SSSR count). The molecular weight excluding hydrogens is 170 g/mol. The fourth-order valence-electron chi connectivity index (χ4n) is 1.97. The van der Waals surface area contributed by atoms with Crippen LogP contribution in [-0.2, 0) is 6.54 Å². The van der Waals surface area contributed by atoms with E-state index in [1.54, 1.807) is 0 Å². The van der Waals surface area contributed by atoms with Crippen molar-refractivity contribution in [2.45, 2.75) is 6.54 Å². The highest BCUT2D eigenvalue weighted by Crippen LogP contribution is 2.25. The fraction of sp³-hybridized carbons (Fsp3) is 0.0769. The van der Waals surface area contributed by atoms with Crippen LogP contribution >= 0.6 is 0 Å². The Kier molecular flexibility index (Phi) is 1.57. The van der Waals surface area contributed by atoms with Crippen molar-refractivity contribution in [1.82, 2.24) is 4.57 Å². The molecule has 0 aliphatic carbocycles. The number of aromatic nitrogens is 1. The molecule has 0 amide bonds. The summed E-state index contributed by atoms with van der Waals surface area (Å²) in [4.78, 5) is 0. The van der Waals surface area contributed by atoms with Gasteiger partial charge in [0.05, 0.1) is 0 Å². The predicted molar refractivity (Wildman–Crippen MR) is 58.9 cm³/mol. The smallest absolute Gasteiger partial charge is 0.0488 e. The van der Waals surface area contributed by atoms with E-state index in [0.717, 1.165) is 6.54 Å². The molecule has 68 valence electrons. The molecule has 0 fully saturated rings. The first kappa shape index (κ1) is 7.63. The summed E-state index contributed by atoms with van der Waals surface area (Å²) in [6.07, 6.45) is 4.37. The van der Waals surface area contributed by atoms with E-state index in [2.05, 4.69) is 59.2 Å². The number of benzene rings is 1. The maximum Gasteiger partial charge on any atom is 0.0488 e. The summed E-state index contributed by atoms with van der Waals surface area (Å²) in [5.74, 6) is 0. The minimum atomic E-state index is 1.01. The van der Waals surface area contributed by atoms with Gasteiger partial charge in [0.15, 0.2) is 0 Å². The Morgan fingerprint density at radius 1 is 0.929 bits per heavy atom. The summed E-state index contributed by atoms with van der Waals surface area (Å²) < 4.78 is 2.33. The van der Waals surface area contributed by atoms with E-state index >= 15 is 0 Å². The zero-order chi connectivity index (χ0) is 9.38. The van der Waals surface area contributed by atoms with Crippen LogP contribution in [0.25, 0.3) is 17.3 Å². The van der Waals surface area contributed by atoms with Crippen LogP contribution in [0.2, 0.25) is 0 Å². The van der Waals surface area contributed by atoms with E-state index in [0.29, 0.717) is 0 Å². The van der Waals surface area contributed by atoms with Crippen LogP contribution in [0, 0.1) is 0 Å². The minimum Gasteiger partial charge on any atom is -0.337 e. The average molecular weight is 181 g/mol. The third-order valence-electron chi connectivity index (χ3n) is 2.66. The van der Waals surface area contributed by atoms with Crippen molar-refractivity contribution in [3.63, 3.8) is 0 Å². The largest absolute Gasteiger partial charge is 0.337 e. The molecule has 1 aromatic heterocycles. The Morgan fingerprint density at radius 3 is 2.64 bits per heavy atom. The van der Waals surface area contributed by atoms with Crippen LogP contribution in [0.4, 0.5) is 0 Å². The molecule has 14 heavy (non-hydrogen) atoms. The summed E-state index contributed by atoms with van der Waals surface area (Å²) in [6, 6.07) is 14.9. The molecule has 0 atom stereocenters. The van der Waals surface area contributed by atoms with E-state index in [9.17, 15) is 0 Å². The standard InChI is InChI=1S/C13H11N/c1-2-5-11(6-3-1)13-9-8-12-7-4-10-14(12)13/h1-9H,10H2. The van der Waals surface area contributed by atoms with Gasteiger partial charge in [-0.3, -0.25) is 0 Å². The van der Waals surface area contributed by atoms with Crippen molar-refractivity contribution in [3.8, 4) is 11.3 Å². The van der Waals surface area contributed by atoms with Crippen LogP contribution in [0.5, 0.6) is 0 Å². The van der Waals surface area contributed by atoms with Gasteiger partial charge in [-0.2, -0.15) is 0 Å². The van der Waals surface area contributed by atoms with Crippen molar-refractivity contribution >= 4 is 6.08 Å². The molecule has 0 unspecified atom stereocenters. The molecule has 1 aliphatic heterocycles. The third kappa shape index (κ3) is 1.02. The van der Waals surface area contributed by atoms with Crippen molar-refractivity contribution < 1.29 is 0 Å². The third-order valence-corrected chi connectivity index (χ3v) is 2.66. The summed E-state index contributed by atoms with van der Waals surface area (Å²) >= 11 is 0. The summed E-state index contributed by atoms with van der Waals surface area (Å²) in [6.45, 7) is 1.01. The number of hydrogen-bond acceptors (Lipinski definition) is 0. The number of fused-ring (bicyclic) bond motifs is 1. The zero-order valence-corrected chi connectivity index (χ0v) is 7.85. The van der Waals surface area contributed by atoms with E-state index in [1.807, 2.05) is 0 Å². The number of rotatable bonds is 1. The number of allylic oxidation sites excluding steroid dienone is 1. The SMILES string of the molecule is C1=Cc2ccc(-c3ccccc3)n2C1. The van der Waals surface area contributed by atoms with Gasteiger partial charge in [-0.1, -0.05) is 36.4 Å². The monoisotopic (exact) mass is 181 g/mol. The second kappa shape index (κ2) is 2.88. The lowest BCUT2D eigenvalue weighted by molar-refractivity contribution is 0.856. The van der Waals surface area contributed by atoms with Gasteiger partial charge in [-0.05, 0) is 23.8 Å². The first-order chi connectivity index (χ1) is 6.95. The van der Waals surface area contributed by atoms with Crippen molar-refractivity contribution in [3.05, 3.63) is 54.2 Å². The van der Waals surface area contributed by atoms with Crippen LogP contribution in [0.3, 0.4) is 0 Å². The lowest BCUT2D eigenvalue weighted by Gasteiger charge is -2.05. The minimum absolute atomic E-state index is 1.01. The molecule has 0 spiro atoms. The van der Waals surface area contributed by atoms with Gasteiger partial charge < -0.3 is 4.57 Å². The van der Waals surface area contributed by atoms with E-state index < -0.39 is 0 Å². The predicted octanol–water partition coefficient (Wildman–Crippen LogP) is 3.18. The van der Waals surface area contributed by atoms with Crippen molar-refractivity contribution in [2.24, 2.45) is 0 Å². The van der Waals surface area contributed by atoms with Gasteiger partial charge in [0, 0.05) is 17.9 Å². The zero-order valence-electron chi connectivity index (χ0n) is 7.85. The molecule has 1 heteroatoms. The maximum atomic E-state index is 2.33. The molecule has 0 radical (unpaired) electrons. The van der Waals surface area contributed by atoms with Gasteiger partial charge in [-0.25, -0.2) is 0 Å². The van der Waals surface area contributed by atoms with Crippen molar-refractivity contribution in [1.29, 1.82) is 0 Å². The highest BCUT2D eigenvalue weighted by atomic mass is 15.0. The Hall–Kier alpha value is -1.76. The van der Waals surface area contributed by atoms with E-state index in [1.165, 1.54) is 17.0 Å². The second-order valence-corrected chi connectivity index (χ2v) is 3.52. The van der Waals surface area contributed by atoms with Gasteiger partial charge >= 0.3 is 0 Å². The molecule has 2 aromatic rings. The molecule has 0 N–H and O–H groups in total. The first-order valence-corrected chi connectivity index (χ1v) is 4.87. The lowest BCUT2D eigenvalue weighted by atomic mass is 10.1. The molecule has 0 saturated carbocycles. The van der Waals surface area contributed by atoms with Crippen LogP contribution in [0.1, 0.15) is 5.69 Å². The highest BCUT2D eigenvalue weighted by molar-refractivity contribution is 5.65. The Balaban J connectivity index is 2.15. The number of nitrogens with zero attached hydrogens (tertiary/aromatic N) is 1. The highest BCUT2D eigenvalue weighted by Gasteiger charge is 2.09. The molecule has 0 bridgehead atoms. The van der Waals surface area contributed by atoms with Gasteiger partial charge in [0.25, 0.3) is 0 Å². The Bertz CT molecular complexity index is 477. The Labute approximate surface area is 83.3 Å². The molecule has 2 heterocycles. The molecule has 0 saturated heterocycles. The molecule has 1 nitrogen and oxygen atoms in total. The number of hydrogen-bond donors (Lipinski definition) is 0. The average Bonchev–Trinajstić information content (AvgIpc) is 2.79. The van der Waals surface area contributed by atoms with Crippen molar-refractivity contribution in [2.75, 3.05) is 0 Å². The molecule has 1 aliphatic rings. The van der Waals surface area contributed by atoms with E-state index in [4.69, 9.17) is 0 Å². The van der Waals surface area contributed by atoms with Gasteiger partial charge in [0.2, 0.25) is 0 Å². The second-order valence-electron chi connectivity index (χ2n) is 3.52. The lowest BCUT2D eigenvalue weighted by Crippen LogP contribution is -1.94. The summed E-state index contributed by atoms with van der Waals surface area (Å²) in [5, 5.41) is 0. The Morgan fingerprint density at radius 2 is 1.79 bits per heavy atom. The van der Waals surface area contributed by atoms with Gasteiger partial charge in [-0.15, -0.1) is 0 Å². The van der Waals surface area contributed by atoms with Crippen LogP contribution < -0.4 is 0 Å². The fourth-order valence-corrected chi connectivity index (χ4v) is 1.97. The quantitative estimate of drug-likeness (QED) is 0.636. The topological polar surface area (TPSA) is 4.93 Å². The van der Waals surface area contributed by atoms with Crippen LogP contribution in [-0.4, -0.2) is 4.57 Å². The van der Waals surface area contributed by atoms with Gasteiger partial charge in [0.1, 0.15) is 0 Å². The first-order valence-electron chi connectivity index (χ1n) is 4.87. The maximum absolute atomic E-state index is 2.33. The molecule has 1 aromatic carbocycles. The molecular formula is C13H11N. The normalized spacial score (nSPS) is 13.1.